The fourth-order valence-electron chi connectivity index (χ4n) is 2.30. The number of aryl methyl sites for hydroxylation is 1. The molecule has 0 saturated carbocycles. The first-order valence-electron chi connectivity index (χ1n) is 9.13. The SMILES string of the molecule is CCNC(=NCc1ccc(C(=O)NCC(N)=O)cc1)NCc1ncc(CC)s1.I. The van der Waals surface area contributed by atoms with E-state index in [-0.39, 0.29) is 36.4 Å². The van der Waals surface area contributed by atoms with Gasteiger partial charge in [0.1, 0.15) is 5.01 Å². The Kier molecular flexibility index (Phi) is 11.2. The van der Waals surface area contributed by atoms with Gasteiger partial charge in [-0.1, -0.05) is 19.1 Å². The van der Waals surface area contributed by atoms with Crippen LogP contribution in [-0.4, -0.2) is 35.8 Å². The zero-order chi connectivity index (χ0) is 20.4. The van der Waals surface area contributed by atoms with Crippen molar-refractivity contribution in [3.05, 3.63) is 51.5 Å². The molecule has 0 aliphatic carbocycles. The Morgan fingerprint density at radius 2 is 1.86 bits per heavy atom. The number of hydrogen-bond acceptors (Lipinski definition) is 5. The molecule has 0 unspecified atom stereocenters. The molecule has 0 aliphatic rings. The van der Waals surface area contributed by atoms with Crippen molar-refractivity contribution < 1.29 is 9.59 Å². The van der Waals surface area contributed by atoms with Crippen molar-refractivity contribution in [3.8, 4) is 0 Å². The molecule has 2 rings (SSSR count). The van der Waals surface area contributed by atoms with Gasteiger partial charge < -0.3 is 21.7 Å². The second-order valence-corrected chi connectivity index (χ2v) is 7.17. The highest BCUT2D eigenvalue weighted by Gasteiger charge is 2.06. The van der Waals surface area contributed by atoms with Crippen LogP contribution in [0.3, 0.4) is 0 Å². The van der Waals surface area contributed by atoms with Crippen molar-refractivity contribution in [2.24, 2.45) is 10.7 Å². The maximum atomic E-state index is 11.9. The van der Waals surface area contributed by atoms with Crippen LogP contribution in [0.2, 0.25) is 0 Å². The molecule has 1 aromatic carbocycles. The third kappa shape index (κ3) is 8.77. The predicted octanol–water partition coefficient (Wildman–Crippen LogP) is 1.79. The molecule has 2 aromatic rings. The van der Waals surface area contributed by atoms with Crippen molar-refractivity contribution in [2.75, 3.05) is 13.1 Å². The molecular weight excluding hydrogens is 503 g/mol. The van der Waals surface area contributed by atoms with E-state index in [1.54, 1.807) is 23.5 Å². The largest absolute Gasteiger partial charge is 0.368 e. The minimum absolute atomic E-state index is 0. The molecule has 1 aromatic heterocycles. The summed E-state index contributed by atoms with van der Waals surface area (Å²) in [5, 5.41) is 9.97. The Morgan fingerprint density at radius 1 is 1.14 bits per heavy atom. The van der Waals surface area contributed by atoms with Gasteiger partial charge in [-0.15, -0.1) is 35.3 Å². The maximum Gasteiger partial charge on any atom is 0.251 e. The third-order valence-electron chi connectivity index (χ3n) is 3.76. The van der Waals surface area contributed by atoms with Crippen LogP contribution >= 0.6 is 35.3 Å². The molecule has 0 saturated heterocycles. The lowest BCUT2D eigenvalue weighted by Gasteiger charge is -2.10. The summed E-state index contributed by atoms with van der Waals surface area (Å²) in [5.74, 6) is -0.204. The first kappa shape index (κ1) is 24.8. The summed E-state index contributed by atoms with van der Waals surface area (Å²) in [7, 11) is 0. The molecule has 2 amide bonds. The van der Waals surface area contributed by atoms with Gasteiger partial charge in [0.05, 0.1) is 19.6 Å². The molecule has 0 fully saturated rings. The van der Waals surface area contributed by atoms with Crippen LogP contribution < -0.4 is 21.7 Å². The summed E-state index contributed by atoms with van der Waals surface area (Å²) in [6, 6.07) is 7.06. The summed E-state index contributed by atoms with van der Waals surface area (Å²) in [5.41, 5.74) is 6.45. The Labute approximate surface area is 191 Å². The number of thiazole rings is 1. The first-order chi connectivity index (χ1) is 13.5. The van der Waals surface area contributed by atoms with E-state index in [4.69, 9.17) is 5.73 Å². The van der Waals surface area contributed by atoms with Gasteiger partial charge in [0.15, 0.2) is 5.96 Å². The topological polar surface area (TPSA) is 122 Å². The standard InChI is InChI=1S/C19H26N6O2S.HI/c1-3-15-10-22-17(28-15)12-25-19(21-4-2)24-9-13-5-7-14(8-6-13)18(27)23-11-16(20)26;/h5-8,10H,3-4,9,11-12H2,1-2H3,(H2,20,26)(H,23,27)(H2,21,24,25);1H. The fraction of sp³-hybridized carbons (Fsp3) is 0.368. The Balaban J connectivity index is 0.00000420. The van der Waals surface area contributed by atoms with E-state index in [0.29, 0.717) is 24.6 Å². The van der Waals surface area contributed by atoms with Crippen molar-refractivity contribution in [3.63, 3.8) is 0 Å². The van der Waals surface area contributed by atoms with Crippen molar-refractivity contribution in [2.45, 2.75) is 33.4 Å². The molecule has 0 radical (unpaired) electrons. The smallest absolute Gasteiger partial charge is 0.251 e. The molecule has 0 spiro atoms. The van der Waals surface area contributed by atoms with Crippen molar-refractivity contribution >= 4 is 53.1 Å². The summed E-state index contributed by atoms with van der Waals surface area (Å²) >= 11 is 1.69. The molecule has 158 valence electrons. The van der Waals surface area contributed by atoms with E-state index in [1.807, 2.05) is 25.3 Å². The number of rotatable bonds is 9. The number of guanidine groups is 1. The molecule has 0 atom stereocenters. The van der Waals surface area contributed by atoms with Gasteiger partial charge in [0, 0.05) is 23.2 Å². The van der Waals surface area contributed by atoms with Crippen LogP contribution in [0, 0.1) is 0 Å². The lowest BCUT2D eigenvalue weighted by Crippen LogP contribution is -2.36. The molecule has 8 nitrogen and oxygen atoms in total. The average molecular weight is 530 g/mol. The van der Waals surface area contributed by atoms with Crippen LogP contribution in [0.1, 0.15) is 39.7 Å². The number of amides is 2. The number of primary amides is 1. The average Bonchev–Trinajstić information content (AvgIpc) is 3.16. The third-order valence-corrected chi connectivity index (χ3v) is 4.90. The highest BCUT2D eigenvalue weighted by atomic mass is 127. The summed E-state index contributed by atoms with van der Waals surface area (Å²) < 4.78 is 0. The number of nitrogens with two attached hydrogens (primary N) is 1. The number of benzene rings is 1. The van der Waals surface area contributed by atoms with Gasteiger partial charge in [-0.05, 0) is 31.0 Å². The van der Waals surface area contributed by atoms with E-state index in [0.717, 1.165) is 23.5 Å². The van der Waals surface area contributed by atoms with Crippen LogP contribution in [0.15, 0.2) is 35.5 Å². The molecule has 5 N–H and O–H groups in total. The number of nitrogens with one attached hydrogen (secondary N) is 3. The second kappa shape index (κ2) is 13.1. The minimum Gasteiger partial charge on any atom is -0.368 e. The number of carbonyl (C=O) groups is 2. The van der Waals surface area contributed by atoms with Crippen molar-refractivity contribution in [1.29, 1.82) is 0 Å². The zero-order valence-corrected chi connectivity index (χ0v) is 19.7. The van der Waals surface area contributed by atoms with Gasteiger partial charge in [0.25, 0.3) is 5.91 Å². The molecule has 0 bridgehead atoms. The van der Waals surface area contributed by atoms with E-state index in [1.165, 1.54) is 4.88 Å². The quantitative estimate of drug-likeness (QED) is 0.224. The van der Waals surface area contributed by atoms with Crippen LogP contribution in [0.5, 0.6) is 0 Å². The molecule has 1 heterocycles. The monoisotopic (exact) mass is 530 g/mol. The zero-order valence-electron chi connectivity index (χ0n) is 16.5. The first-order valence-corrected chi connectivity index (χ1v) is 9.94. The lowest BCUT2D eigenvalue weighted by atomic mass is 10.1. The van der Waals surface area contributed by atoms with Gasteiger partial charge in [-0.3, -0.25) is 9.59 Å². The normalized spacial score (nSPS) is 10.8. The Morgan fingerprint density at radius 3 is 2.45 bits per heavy atom. The minimum atomic E-state index is -0.577. The van der Waals surface area contributed by atoms with E-state index in [2.05, 4.69) is 32.9 Å². The molecule has 0 aliphatic heterocycles. The maximum absolute atomic E-state index is 11.9. The van der Waals surface area contributed by atoms with Gasteiger partial charge in [0.2, 0.25) is 5.91 Å². The molecule has 29 heavy (non-hydrogen) atoms. The molecule has 10 heteroatoms. The summed E-state index contributed by atoms with van der Waals surface area (Å²) in [4.78, 5) is 32.8. The number of aromatic nitrogens is 1. The Hall–Kier alpha value is -2.21. The second-order valence-electron chi connectivity index (χ2n) is 5.97. The number of aliphatic imine (C=N–C) groups is 1. The summed E-state index contributed by atoms with van der Waals surface area (Å²) in [6.07, 6.45) is 2.90. The predicted molar refractivity (Wildman–Crippen MR) is 127 cm³/mol. The fourth-order valence-corrected chi connectivity index (χ4v) is 3.10. The lowest BCUT2D eigenvalue weighted by molar-refractivity contribution is -0.117. The van der Waals surface area contributed by atoms with Gasteiger partial charge >= 0.3 is 0 Å². The van der Waals surface area contributed by atoms with Crippen LogP contribution in [-0.2, 0) is 24.3 Å². The number of hydrogen-bond donors (Lipinski definition) is 4. The van der Waals surface area contributed by atoms with E-state index < -0.39 is 5.91 Å². The van der Waals surface area contributed by atoms with Crippen LogP contribution in [0.25, 0.3) is 0 Å². The number of nitrogens with zero attached hydrogens (tertiary/aromatic N) is 2. The highest BCUT2D eigenvalue weighted by molar-refractivity contribution is 14.0. The number of carbonyl (C=O) groups excluding carboxylic acids is 2. The van der Waals surface area contributed by atoms with E-state index in [9.17, 15) is 9.59 Å². The van der Waals surface area contributed by atoms with Gasteiger partial charge in [-0.2, -0.15) is 0 Å². The van der Waals surface area contributed by atoms with Crippen LogP contribution in [0.4, 0.5) is 0 Å². The number of halogens is 1. The van der Waals surface area contributed by atoms with E-state index >= 15 is 0 Å². The van der Waals surface area contributed by atoms with Crippen molar-refractivity contribution in [1.82, 2.24) is 20.9 Å². The van der Waals surface area contributed by atoms with Gasteiger partial charge in [-0.25, -0.2) is 9.98 Å². The summed E-state index contributed by atoms with van der Waals surface area (Å²) in [6.45, 7) is 5.79. The molecular formula is C19H27IN6O2S. The highest BCUT2D eigenvalue weighted by Crippen LogP contribution is 2.12. The Bertz CT molecular complexity index is 822.